The van der Waals surface area contributed by atoms with Crippen LogP contribution in [0.3, 0.4) is 0 Å². The van der Waals surface area contributed by atoms with E-state index in [-0.39, 0.29) is 0 Å². The van der Waals surface area contributed by atoms with Crippen molar-refractivity contribution in [3.05, 3.63) is 12.2 Å². The molecule has 0 aromatic rings. The van der Waals surface area contributed by atoms with Crippen LogP contribution in [-0.2, 0) is 9.47 Å². The van der Waals surface area contributed by atoms with Crippen molar-refractivity contribution in [2.45, 2.75) is 130 Å². The third-order valence-electron chi connectivity index (χ3n) is 5.29. The first-order chi connectivity index (χ1) is 14.2. The van der Waals surface area contributed by atoms with Gasteiger partial charge in [0, 0.05) is 0 Å². The number of unbranched alkanes of at least 4 members (excludes halogenated alkanes) is 14. The second kappa shape index (κ2) is 23.3. The molecule has 0 aliphatic heterocycles. The van der Waals surface area contributed by atoms with E-state index in [2.05, 4.69) is 32.9 Å². The molecule has 172 valence electrons. The minimum absolute atomic E-state index is 0.462. The molecule has 3 heteroatoms. The van der Waals surface area contributed by atoms with Gasteiger partial charge in [0.15, 0.2) is 0 Å². The third kappa shape index (κ3) is 25.0. The molecule has 0 unspecified atom stereocenters. The molecule has 29 heavy (non-hydrogen) atoms. The molecular formula is C26H50O3. The Balaban J connectivity index is 3.17. The molecule has 0 heterocycles. The fourth-order valence-electron chi connectivity index (χ4n) is 3.28. The predicted octanol–water partition coefficient (Wildman–Crippen LogP) is 9.00. The second-order valence-electron chi connectivity index (χ2n) is 8.77. The normalized spacial score (nSPS) is 11.4. The summed E-state index contributed by atoms with van der Waals surface area (Å²) < 4.78 is 10.1. The summed E-state index contributed by atoms with van der Waals surface area (Å²) in [5.74, 6) is 0.549. The lowest BCUT2D eigenvalue weighted by atomic mass is 10.1. The monoisotopic (exact) mass is 410 g/mol. The fourth-order valence-corrected chi connectivity index (χ4v) is 3.28. The number of carbonyl (C=O) groups excluding carboxylic acids is 1. The van der Waals surface area contributed by atoms with E-state index in [0.29, 0.717) is 19.1 Å². The van der Waals surface area contributed by atoms with Crippen LogP contribution in [0.25, 0.3) is 0 Å². The van der Waals surface area contributed by atoms with Gasteiger partial charge in [0.25, 0.3) is 0 Å². The van der Waals surface area contributed by atoms with Crippen LogP contribution in [0, 0.1) is 5.92 Å². The van der Waals surface area contributed by atoms with Crippen LogP contribution >= 0.6 is 0 Å². The maximum Gasteiger partial charge on any atom is 0.508 e. The van der Waals surface area contributed by atoms with E-state index in [1.54, 1.807) is 0 Å². The maximum absolute atomic E-state index is 11.4. The van der Waals surface area contributed by atoms with Gasteiger partial charge in [-0.25, -0.2) is 4.79 Å². The molecule has 0 atom stereocenters. The summed E-state index contributed by atoms with van der Waals surface area (Å²) in [6.45, 7) is 7.46. The molecule has 3 nitrogen and oxygen atoms in total. The first kappa shape index (κ1) is 28.0. The summed E-state index contributed by atoms with van der Waals surface area (Å²) in [6.07, 6.45) is 26.0. The lowest BCUT2D eigenvalue weighted by Crippen LogP contribution is -2.10. The molecule has 0 saturated carbocycles. The highest BCUT2D eigenvalue weighted by Crippen LogP contribution is 2.11. The summed E-state index contributed by atoms with van der Waals surface area (Å²) in [4.78, 5) is 11.4. The van der Waals surface area contributed by atoms with Crippen molar-refractivity contribution in [2.75, 3.05) is 13.2 Å². The Morgan fingerprint density at radius 2 is 1.10 bits per heavy atom. The number of hydrogen-bond acceptors (Lipinski definition) is 3. The van der Waals surface area contributed by atoms with E-state index in [1.165, 1.54) is 89.9 Å². The summed E-state index contributed by atoms with van der Waals surface area (Å²) in [5.41, 5.74) is 0. The van der Waals surface area contributed by atoms with Gasteiger partial charge in [-0.2, -0.15) is 0 Å². The van der Waals surface area contributed by atoms with E-state index >= 15 is 0 Å². The summed E-state index contributed by atoms with van der Waals surface area (Å²) in [6, 6.07) is 0. The lowest BCUT2D eigenvalue weighted by Gasteiger charge is -2.07. The van der Waals surface area contributed by atoms with Crippen molar-refractivity contribution in [1.29, 1.82) is 0 Å². The van der Waals surface area contributed by atoms with Gasteiger partial charge in [-0.15, -0.1) is 0 Å². The van der Waals surface area contributed by atoms with Crippen molar-refractivity contribution in [2.24, 2.45) is 5.92 Å². The summed E-state index contributed by atoms with van der Waals surface area (Å²) >= 11 is 0. The first-order valence-electron chi connectivity index (χ1n) is 12.6. The molecule has 0 aromatic carbocycles. The van der Waals surface area contributed by atoms with Crippen molar-refractivity contribution >= 4 is 6.16 Å². The molecular weight excluding hydrogens is 360 g/mol. The quantitative estimate of drug-likeness (QED) is 0.108. The smallest absolute Gasteiger partial charge is 0.434 e. The Hall–Kier alpha value is -0.990. The zero-order valence-electron chi connectivity index (χ0n) is 19.9. The van der Waals surface area contributed by atoms with Crippen LogP contribution in [0.4, 0.5) is 4.79 Å². The second-order valence-corrected chi connectivity index (χ2v) is 8.77. The third-order valence-corrected chi connectivity index (χ3v) is 5.29. The van der Waals surface area contributed by atoms with Crippen LogP contribution in [-0.4, -0.2) is 19.4 Å². The Morgan fingerprint density at radius 1 is 0.655 bits per heavy atom. The SMILES string of the molecule is CCCCCCCCCCC=CCCCCCCCCOC(=O)OCCC(C)C. The maximum atomic E-state index is 11.4. The average Bonchev–Trinajstić information content (AvgIpc) is 2.69. The Labute approximate surface area is 182 Å². The number of carbonyl (C=O) groups is 1. The molecule has 0 amide bonds. The van der Waals surface area contributed by atoms with Crippen molar-refractivity contribution < 1.29 is 14.3 Å². The standard InChI is InChI=1S/C26H50O3/c1-4-5-6-7-8-9-10-11-12-13-14-15-16-17-18-19-20-21-23-28-26(27)29-24-22-25(2)3/h13-14,25H,4-12,15-24H2,1-3H3. The van der Waals surface area contributed by atoms with Gasteiger partial charge in [0.1, 0.15) is 0 Å². The highest BCUT2D eigenvalue weighted by atomic mass is 16.7. The first-order valence-corrected chi connectivity index (χ1v) is 12.6. The molecule has 0 rings (SSSR count). The fraction of sp³-hybridized carbons (Fsp3) is 0.885. The van der Waals surface area contributed by atoms with E-state index in [1.807, 2.05) is 0 Å². The molecule has 0 aliphatic rings. The van der Waals surface area contributed by atoms with Crippen LogP contribution in [0.15, 0.2) is 12.2 Å². The number of hydrogen-bond donors (Lipinski definition) is 0. The zero-order valence-corrected chi connectivity index (χ0v) is 19.9. The molecule has 0 fully saturated rings. The van der Waals surface area contributed by atoms with Crippen molar-refractivity contribution in [3.63, 3.8) is 0 Å². The largest absolute Gasteiger partial charge is 0.508 e. The molecule has 0 aromatic heterocycles. The number of rotatable bonds is 21. The number of ether oxygens (including phenoxy) is 2. The Kier molecular flexibility index (Phi) is 22.5. The van der Waals surface area contributed by atoms with E-state index < -0.39 is 6.16 Å². The minimum Gasteiger partial charge on any atom is -0.434 e. The van der Waals surface area contributed by atoms with Gasteiger partial charge >= 0.3 is 6.16 Å². The van der Waals surface area contributed by atoms with Crippen molar-refractivity contribution in [1.82, 2.24) is 0 Å². The van der Waals surface area contributed by atoms with E-state index in [4.69, 9.17) is 9.47 Å². The molecule has 0 aliphatic carbocycles. The highest BCUT2D eigenvalue weighted by Gasteiger charge is 2.04. The van der Waals surface area contributed by atoms with Gasteiger partial charge in [-0.1, -0.05) is 104 Å². The molecule has 0 radical (unpaired) electrons. The Morgan fingerprint density at radius 3 is 1.62 bits per heavy atom. The molecule has 0 spiro atoms. The molecule has 0 N–H and O–H groups in total. The van der Waals surface area contributed by atoms with Crippen LogP contribution < -0.4 is 0 Å². The summed E-state index contributed by atoms with van der Waals surface area (Å²) in [5, 5.41) is 0. The topological polar surface area (TPSA) is 35.5 Å². The van der Waals surface area contributed by atoms with Gasteiger partial charge in [-0.3, -0.25) is 0 Å². The highest BCUT2D eigenvalue weighted by molar-refractivity contribution is 5.59. The molecule has 0 saturated heterocycles. The van der Waals surface area contributed by atoms with E-state index in [0.717, 1.165) is 19.3 Å². The lowest BCUT2D eigenvalue weighted by molar-refractivity contribution is 0.0512. The van der Waals surface area contributed by atoms with Gasteiger partial charge in [0.05, 0.1) is 13.2 Å². The average molecular weight is 411 g/mol. The van der Waals surface area contributed by atoms with E-state index in [9.17, 15) is 4.79 Å². The summed E-state index contributed by atoms with van der Waals surface area (Å²) in [7, 11) is 0. The zero-order chi connectivity index (χ0) is 21.4. The van der Waals surface area contributed by atoms with Crippen LogP contribution in [0.5, 0.6) is 0 Å². The van der Waals surface area contributed by atoms with Gasteiger partial charge in [0.2, 0.25) is 0 Å². The minimum atomic E-state index is -0.510. The van der Waals surface area contributed by atoms with Gasteiger partial charge < -0.3 is 9.47 Å². The van der Waals surface area contributed by atoms with Crippen LogP contribution in [0.1, 0.15) is 130 Å². The van der Waals surface area contributed by atoms with Crippen molar-refractivity contribution in [3.8, 4) is 0 Å². The van der Waals surface area contributed by atoms with Crippen LogP contribution in [0.2, 0.25) is 0 Å². The number of allylic oxidation sites excluding steroid dienone is 2. The Bertz CT molecular complexity index is 363. The predicted molar refractivity (Wildman–Crippen MR) is 125 cm³/mol. The molecule has 0 bridgehead atoms. The van der Waals surface area contributed by atoms with Gasteiger partial charge in [-0.05, 0) is 44.4 Å².